The van der Waals surface area contributed by atoms with Gasteiger partial charge in [0.2, 0.25) is 0 Å². The van der Waals surface area contributed by atoms with Gasteiger partial charge in [-0.15, -0.1) is 0 Å². The van der Waals surface area contributed by atoms with Gasteiger partial charge in [-0.1, -0.05) is 6.92 Å². The minimum Gasteiger partial charge on any atom is -0.481 e. The quantitative estimate of drug-likeness (QED) is 0.657. The summed E-state index contributed by atoms with van der Waals surface area (Å²) in [5.41, 5.74) is 0. The van der Waals surface area contributed by atoms with E-state index in [0.717, 1.165) is 0 Å². The molecule has 0 aromatic carbocycles. The van der Waals surface area contributed by atoms with Gasteiger partial charge in [0.05, 0.1) is 12.5 Å². The van der Waals surface area contributed by atoms with E-state index < -0.39 is 5.97 Å². The molecule has 0 saturated carbocycles. The van der Waals surface area contributed by atoms with E-state index in [1.807, 2.05) is 6.92 Å². The van der Waals surface area contributed by atoms with E-state index in [-0.39, 0.29) is 30.6 Å². The van der Waals surface area contributed by atoms with Crippen LogP contribution in [-0.4, -0.2) is 71.2 Å². The monoisotopic (exact) mass is 284 g/mol. The average Bonchev–Trinajstić information content (AvgIpc) is 2.78. The van der Waals surface area contributed by atoms with Crippen molar-refractivity contribution in [3.05, 3.63) is 0 Å². The topological polar surface area (TPSA) is 102 Å². The summed E-state index contributed by atoms with van der Waals surface area (Å²) in [6.45, 7) is 3.85. The zero-order valence-electron chi connectivity index (χ0n) is 11.5. The van der Waals surface area contributed by atoms with Crippen LogP contribution in [0.2, 0.25) is 0 Å². The maximum Gasteiger partial charge on any atom is 0.317 e. The lowest BCUT2D eigenvalue weighted by Gasteiger charge is -2.36. The van der Waals surface area contributed by atoms with Crippen LogP contribution >= 0.6 is 0 Å². The third-order valence-corrected chi connectivity index (χ3v) is 3.76. The Bertz CT molecular complexity index is 414. The fourth-order valence-corrected chi connectivity index (χ4v) is 2.56. The molecule has 0 radical (unpaired) electrons. The lowest BCUT2D eigenvalue weighted by atomic mass is 10.1. The molecule has 2 unspecified atom stereocenters. The Hall–Kier alpha value is -1.99. The second-order valence-electron chi connectivity index (χ2n) is 5.13. The van der Waals surface area contributed by atoms with Crippen LogP contribution in [0.4, 0.5) is 9.59 Å². The van der Waals surface area contributed by atoms with Gasteiger partial charge in [-0.25, -0.2) is 9.59 Å². The number of piperazine rings is 1. The fourth-order valence-electron chi connectivity index (χ4n) is 2.56. The number of fused-ring (bicyclic) bond motifs is 1. The highest BCUT2D eigenvalue weighted by Crippen LogP contribution is 2.14. The van der Waals surface area contributed by atoms with E-state index in [2.05, 4.69) is 10.6 Å². The Morgan fingerprint density at radius 3 is 2.90 bits per heavy atom. The normalized spacial score (nSPS) is 23.1. The van der Waals surface area contributed by atoms with Crippen molar-refractivity contribution in [3.63, 3.8) is 0 Å². The second kappa shape index (κ2) is 5.98. The molecule has 0 aromatic heterocycles. The van der Waals surface area contributed by atoms with Gasteiger partial charge in [0.1, 0.15) is 0 Å². The summed E-state index contributed by atoms with van der Waals surface area (Å²) >= 11 is 0. The van der Waals surface area contributed by atoms with Crippen LogP contribution in [-0.2, 0) is 4.79 Å². The van der Waals surface area contributed by atoms with Gasteiger partial charge in [0, 0.05) is 32.2 Å². The standard InChI is InChI=1S/C12H20N4O4/c1-2-8(5-10(17)18)14-12(20)15-3-4-16-9(7-15)6-13-11(16)19/h8-9H,2-7H2,1H3,(H,13,19)(H,14,20)(H,17,18). The lowest BCUT2D eigenvalue weighted by molar-refractivity contribution is -0.137. The molecular formula is C12H20N4O4. The van der Waals surface area contributed by atoms with Crippen molar-refractivity contribution >= 4 is 18.0 Å². The smallest absolute Gasteiger partial charge is 0.317 e. The largest absolute Gasteiger partial charge is 0.481 e. The van der Waals surface area contributed by atoms with Gasteiger partial charge >= 0.3 is 18.0 Å². The van der Waals surface area contributed by atoms with Crippen molar-refractivity contribution in [2.24, 2.45) is 0 Å². The van der Waals surface area contributed by atoms with Crippen LogP contribution in [0.3, 0.4) is 0 Å². The SMILES string of the molecule is CCC(CC(=O)O)NC(=O)N1CCN2C(=O)NCC2C1. The first-order valence-electron chi connectivity index (χ1n) is 6.83. The van der Waals surface area contributed by atoms with Crippen LogP contribution < -0.4 is 10.6 Å². The minimum absolute atomic E-state index is 0.0153. The zero-order chi connectivity index (χ0) is 14.7. The van der Waals surface area contributed by atoms with E-state index >= 15 is 0 Å². The zero-order valence-corrected chi connectivity index (χ0v) is 11.5. The van der Waals surface area contributed by atoms with E-state index in [1.165, 1.54) is 0 Å². The number of carboxylic acid groups (broad SMARTS) is 1. The minimum atomic E-state index is -0.924. The maximum absolute atomic E-state index is 12.1. The van der Waals surface area contributed by atoms with Crippen LogP contribution in [0.25, 0.3) is 0 Å². The first kappa shape index (κ1) is 14.4. The Labute approximate surface area is 117 Å². The molecule has 2 saturated heterocycles. The molecule has 8 heteroatoms. The average molecular weight is 284 g/mol. The molecule has 0 aliphatic carbocycles. The number of nitrogens with one attached hydrogen (secondary N) is 2. The van der Waals surface area contributed by atoms with Crippen molar-refractivity contribution in [2.45, 2.75) is 31.8 Å². The van der Waals surface area contributed by atoms with E-state index in [1.54, 1.807) is 9.80 Å². The molecule has 2 rings (SSSR count). The Kier molecular flexibility index (Phi) is 4.31. The van der Waals surface area contributed by atoms with Gasteiger partial charge < -0.3 is 25.5 Å². The number of nitrogens with zero attached hydrogens (tertiary/aromatic N) is 2. The number of carbonyl (C=O) groups is 3. The summed E-state index contributed by atoms with van der Waals surface area (Å²) in [7, 11) is 0. The van der Waals surface area contributed by atoms with Crippen molar-refractivity contribution in [2.75, 3.05) is 26.2 Å². The molecule has 2 heterocycles. The molecule has 112 valence electrons. The van der Waals surface area contributed by atoms with Crippen LogP contribution in [0, 0.1) is 0 Å². The van der Waals surface area contributed by atoms with E-state index in [9.17, 15) is 14.4 Å². The van der Waals surface area contributed by atoms with Crippen molar-refractivity contribution in [1.29, 1.82) is 0 Å². The number of carboxylic acids is 1. The summed E-state index contributed by atoms with van der Waals surface area (Å²) in [6.07, 6.45) is 0.493. The summed E-state index contributed by atoms with van der Waals surface area (Å²) in [5.74, 6) is -0.924. The van der Waals surface area contributed by atoms with E-state index in [0.29, 0.717) is 32.6 Å². The molecule has 2 fully saturated rings. The van der Waals surface area contributed by atoms with Crippen molar-refractivity contribution in [3.8, 4) is 0 Å². The third-order valence-electron chi connectivity index (χ3n) is 3.76. The first-order valence-corrected chi connectivity index (χ1v) is 6.83. The summed E-state index contributed by atoms with van der Waals surface area (Å²) in [6, 6.07) is -0.674. The lowest BCUT2D eigenvalue weighted by Crippen LogP contribution is -2.57. The number of aliphatic carboxylic acids is 1. The molecule has 2 aliphatic heterocycles. The van der Waals surface area contributed by atoms with Crippen LogP contribution in [0.15, 0.2) is 0 Å². The molecule has 20 heavy (non-hydrogen) atoms. The molecule has 0 aromatic rings. The van der Waals surface area contributed by atoms with Gasteiger partial charge in [-0.2, -0.15) is 0 Å². The van der Waals surface area contributed by atoms with Crippen LogP contribution in [0.1, 0.15) is 19.8 Å². The van der Waals surface area contributed by atoms with E-state index in [4.69, 9.17) is 5.11 Å². The molecule has 0 bridgehead atoms. The molecule has 8 nitrogen and oxygen atoms in total. The Morgan fingerprint density at radius 2 is 2.25 bits per heavy atom. The maximum atomic E-state index is 12.1. The Morgan fingerprint density at radius 1 is 1.50 bits per heavy atom. The number of urea groups is 2. The van der Waals surface area contributed by atoms with Gasteiger partial charge in [0.15, 0.2) is 0 Å². The molecule has 2 atom stereocenters. The molecular weight excluding hydrogens is 264 g/mol. The van der Waals surface area contributed by atoms with Crippen molar-refractivity contribution in [1.82, 2.24) is 20.4 Å². The number of carbonyl (C=O) groups excluding carboxylic acids is 2. The van der Waals surface area contributed by atoms with Gasteiger partial charge in [-0.3, -0.25) is 4.79 Å². The van der Waals surface area contributed by atoms with Crippen LogP contribution in [0.5, 0.6) is 0 Å². The van der Waals surface area contributed by atoms with Gasteiger partial charge in [-0.05, 0) is 6.42 Å². The summed E-state index contributed by atoms with van der Waals surface area (Å²) < 4.78 is 0. The highest BCUT2D eigenvalue weighted by Gasteiger charge is 2.37. The highest BCUT2D eigenvalue weighted by molar-refractivity contribution is 5.79. The van der Waals surface area contributed by atoms with Gasteiger partial charge in [0.25, 0.3) is 0 Å². The first-order chi connectivity index (χ1) is 9.51. The number of hydrogen-bond donors (Lipinski definition) is 3. The third kappa shape index (κ3) is 3.12. The predicted octanol–water partition coefficient (Wildman–Crippen LogP) is -0.341. The molecule has 4 amide bonds. The second-order valence-corrected chi connectivity index (χ2v) is 5.13. The number of hydrogen-bond acceptors (Lipinski definition) is 3. The number of amides is 4. The number of rotatable bonds is 4. The van der Waals surface area contributed by atoms with Crippen molar-refractivity contribution < 1.29 is 19.5 Å². The summed E-state index contributed by atoms with van der Waals surface area (Å²) in [4.78, 5) is 37.7. The Balaban J connectivity index is 1.87. The fraction of sp³-hybridized carbons (Fsp3) is 0.750. The molecule has 0 spiro atoms. The molecule has 2 aliphatic rings. The predicted molar refractivity (Wildman–Crippen MR) is 70.3 cm³/mol. The highest BCUT2D eigenvalue weighted by atomic mass is 16.4. The molecule has 3 N–H and O–H groups in total. The summed E-state index contributed by atoms with van der Waals surface area (Å²) in [5, 5.41) is 14.3.